The van der Waals surface area contributed by atoms with Crippen molar-refractivity contribution >= 4 is 12.4 Å². The molecule has 1 aliphatic rings. The summed E-state index contributed by atoms with van der Waals surface area (Å²) in [6.45, 7) is 0.515. The van der Waals surface area contributed by atoms with Gasteiger partial charge in [0.25, 0.3) is 5.89 Å². The Balaban J connectivity index is 0.00000144. The third kappa shape index (κ3) is 2.75. The maximum Gasteiger partial charge on any atom is 0.280 e. The zero-order valence-corrected chi connectivity index (χ0v) is 12.5. The summed E-state index contributed by atoms with van der Waals surface area (Å²) in [5.74, 6) is 2.32. The van der Waals surface area contributed by atoms with Crippen LogP contribution in [0.1, 0.15) is 30.1 Å². The number of nitrogens with two attached hydrogens (primary N) is 1. The van der Waals surface area contributed by atoms with Crippen LogP contribution in [0.25, 0.3) is 23.0 Å². The van der Waals surface area contributed by atoms with Crippen LogP contribution in [0.15, 0.2) is 39.4 Å². The van der Waals surface area contributed by atoms with Crippen LogP contribution in [-0.2, 0) is 6.54 Å². The molecule has 0 bridgehead atoms. The molecule has 114 valence electrons. The van der Waals surface area contributed by atoms with E-state index < -0.39 is 0 Å². The first-order chi connectivity index (χ1) is 10.3. The minimum atomic E-state index is 0. The molecule has 0 spiro atoms. The molecule has 3 aromatic rings. The predicted molar refractivity (Wildman–Crippen MR) is 82.3 cm³/mol. The first-order valence-electron chi connectivity index (χ1n) is 6.93. The smallest absolute Gasteiger partial charge is 0.280 e. The molecular formula is C15H15ClN4O2. The summed E-state index contributed by atoms with van der Waals surface area (Å²) in [6, 6.07) is 9.64. The Morgan fingerprint density at radius 1 is 1.09 bits per heavy atom. The molecule has 0 unspecified atom stereocenters. The van der Waals surface area contributed by atoms with Crippen molar-refractivity contribution in [1.82, 2.24) is 15.3 Å². The van der Waals surface area contributed by atoms with E-state index in [2.05, 4.69) is 15.3 Å². The van der Waals surface area contributed by atoms with Crippen molar-refractivity contribution in [2.45, 2.75) is 25.3 Å². The van der Waals surface area contributed by atoms with Crippen molar-refractivity contribution in [2.75, 3.05) is 0 Å². The van der Waals surface area contributed by atoms with E-state index in [-0.39, 0.29) is 12.4 Å². The summed E-state index contributed by atoms with van der Waals surface area (Å²) in [4.78, 5) is 4.37. The Kier molecular flexibility index (Phi) is 3.96. The Bertz CT molecular complexity index is 762. The van der Waals surface area contributed by atoms with Crippen molar-refractivity contribution in [3.8, 4) is 23.0 Å². The number of aromatic nitrogens is 3. The maximum absolute atomic E-state index is 5.58. The highest BCUT2D eigenvalue weighted by Gasteiger charge is 2.28. The van der Waals surface area contributed by atoms with Crippen LogP contribution >= 0.6 is 12.4 Å². The van der Waals surface area contributed by atoms with E-state index >= 15 is 0 Å². The lowest BCUT2D eigenvalue weighted by atomic mass is 10.1. The fourth-order valence-corrected chi connectivity index (χ4v) is 2.19. The van der Waals surface area contributed by atoms with Crippen molar-refractivity contribution in [1.29, 1.82) is 0 Å². The van der Waals surface area contributed by atoms with Gasteiger partial charge in [0.05, 0.1) is 0 Å². The highest BCUT2D eigenvalue weighted by atomic mass is 35.5. The molecule has 2 heterocycles. The first kappa shape index (κ1) is 14.7. The molecule has 2 aromatic heterocycles. The van der Waals surface area contributed by atoms with Gasteiger partial charge in [0.15, 0.2) is 5.69 Å². The van der Waals surface area contributed by atoms with Gasteiger partial charge in [-0.25, -0.2) is 0 Å². The monoisotopic (exact) mass is 318 g/mol. The summed E-state index contributed by atoms with van der Waals surface area (Å²) < 4.78 is 10.6. The summed E-state index contributed by atoms with van der Waals surface area (Å²) in [7, 11) is 0. The van der Waals surface area contributed by atoms with Crippen LogP contribution in [0.2, 0.25) is 0 Å². The summed E-state index contributed by atoms with van der Waals surface area (Å²) >= 11 is 0. The van der Waals surface area contributed by atoms with E-state index in [0.29, 0.717) is 29.9 Å². The van der Waals surface area contributed by atoms with Crippen molar-refractivity contribution in [3.63, 3.8) is 0 Å². The van der Waals surface area contributed by atoms with Crippen molar-refractivity contribution in [3.05, 3.63) is 41.7 Å². The molecule has 1 aromatic carbocycles. The minimum Gasteiger partial charge on any atom is -0.360 e. The van der Waals surface area contributed by atoms with Gasteiger partial charge in [-0.3, -0.25) is 0 Å². The Hall–Kier alpha value is -2.18. The van der Waals surface area contributed by atoms with Crippen LogP contribution in [-0.4, -0.2) is 15.3 Å². The quantitative estimate of drug-likeness (QED) is 0.794. The van der Waals surface area contributed by atoms with E-state index in [1.165, 1.54) is 0 Å². The predicted octanol–water partition coefficient (Wildman–Crippen LogP) is 3.15. The molecule has 0 atom stereocenters. The van der Waals surface area contributed by atoms with Crippen LogP contribution in [0.4, 0.5) is 0 Å². The molecule has 7 heteroatoms. The molecule has 0 radical (unpaired) electrons. The zero-order valence-electron chi connectivity index (χ0n) is 11.7. The van der Waals surface area contributed by atoms with Crippen molar-refractivity contribution in [2.24, 2.45) is 5.73 Å². The van der Waals surface area contributed by atoms with Gasteiger partial charge in [-0.2, -0.15) is 4.98 Å². The van der Waals surface area contributed by atoms with E-state index in [4.69, 9.17) is 14.8 Å². The lowest BCUT2D eigenvalue weighted by Crippen LogP contribution is -1.95. The molecule has 1 saturated carbocycles. The van der Waals surface area contributed by atoms with Crippen LogP contribution in [0.5, 0.6) is 0 Å². The van der Waals surface area contributed by atoms with E-state index in [1.807, 2.05) is 30.3 Å². The fourth-order valence-electron chi connectivity index (χ4n) is 2.19. The number of nitrogens with zero attached hydrogens (tertiary/aromatic N) is 3. The lowest BCUT2D eigenvalue weighted by Gasteiger charge is -1.97. The molecule has 1 fully saturated rings. The van der Waals surface area contributed by atoms with Gasteiger partial charge in [0.1, 0.15) is 5.76 Å². The van der Waals surface area contributed by atoms with Gasteiger partial charge in [-0.05, 0) is 18.4 Å². The molecule has 0 aliphatic heterocycles. The molecular weight excluding hydrogens is 304 g/mol. The van der Waals surface area contributed by atoms with Gasteiger partial charge < -0.3 is 14.8 Å². The summed E-state index contributed by atoms with van der Waals surface area (Å²) in [5, 5.41) is 7.98. The van der Waals surface area contributed by atoms with Crippen LogP contribution in [0.3, 0.4) is 0 Å². The molecule has 0 amide bonds. The summed E-state index contributed by atoms with van der Waals surface area (Å²) in [6.07, 6.45) is 2.33. The van der Waals surface area contributed by atoms with E-state index in [9.17, 15) is 0 Å². The van der Waals surface area contributed by atoms with E-state index in [1.54, 1.807) is 0 Å². The number of rotatable bonds is 4. The highest BCUT2D eigenvalue weighted by molar-refractivity contribution is 5.85. The normalized spacial score (nSPS) is 13.9. The second-order valence-corrected chi connectivity index (χ2v) is 5.21. The topological polar surface area (TPSA) is 91.0 Å². The SMILES string of the molecule is Cl.NCc1ccc(-c2noc(-c3cc(C4CC4)on3)n2)cc1. The fraction of sp³-hybridized carbons (Fsp3) is 0.267. The third-order valence-corrected chi connectivity index (χ3v) is 3.60. The average Bonchev–Trinajstić information content (AvgIpc) is 3.07. The van der Waals surface area contributed by atoms with Gasteiger partial charge >= 0.3 is 0 Å². The second-order valence-electron chi connectivity index (χ2n) is 5.21. The van der Waals surface area contributed by atoms with Crippen LogP contribution < -0.4 is 5.73 Å². The molecule has 4 rings (SSSR count). The maximum atomic E-state index is 5.58. The largest absolute Gasteiger partial charge is 0.360 e. The van der Waals surface area contributed by atoms with Gasteiger partial charge in [0.2, 0.25) is 5.82 Å². The highest BCUT2D eigenvalue weighted by Crippen LogP contribution is 2.41. The zero-order chi connectivity index (χ0) is 14.2. The molecule has 0 saturated heterocycles. The molecule has 22 heavy (non-hydrogen) atoms. The summed E-state index contributed by atoms with van der Waals surface area (Å²) in [5.41, 5.74) is 8.12. The standard InChI is InChI=1S/C15H14N4O2.ClH/c16-8-9-1-3-11(4-2-9)14-17-15(21-19-14)12-7-13(20-18-12)10-5-6-10;/h1-4,7,10H,5-6,8,16H2;1H. The van der Waals surface area contributed by atoms with Gasteiger partial charge in [0, 0.05) is 24.1 Å². The average molecular weight is 319 g/mol. The van der Waals surface area contributed by atoms with E-state index in [0.717, 1.165) is 29.7 Å². The number of halogens is 1. The van der Waals surface area contributed by atoms with Gasteiger partial charge in [-0.15, -0.1) is 12.4 Å². The second kappa shape index (κ2) is 5.90. The minimum absolute atomic E-state index is 0. The molecule has 1 aliphatic carbocycles. The molecule has 2 N–H and O–H groups in total. The number of benzene rings is 1. The Labute approximate surface area is 133 Å². The van der Waals surface area contributed by atoms with Crippen molar-refractivity contribution < 1.29 is 9.05 Å². The Morgan fingerprint density at radius 2 is 1.86 bits per heavy atom. The molecule has 6 nitrogen and oxygen atoms in total. The lowest BCUT2D eigenvalue weighted by molar-refractivity contribution is 0.379. The van der Waals surface area contributed by atoms with Crippen LogP contribution in [0, 0.1) is 0 Å². The third-order valence-electron chi connectivity index (χ3n) is 3.60. The van der Waals surface area contributed by atoms with Gasteiger partial charge in [-0.1, -0.05) is 34.6 Å². The first-order valence-corrected chi connectivity index (χ1v) is 6.93. The number of hydrogen-bond acceptors (Lipinski definition) is 6. The Morgan fingerprint density at radius 3 is 2.55 bits per heavy atom. The number of hydrogen-bond donors (Lipinski definition) is 1.